The van der Waals surface area contributed by atoms with E-state index in [0.29, 0.717) is 5.02 Å². The average molecular weight is 263 g/mol. The zero-order chi connectivity index (χ0) is 12.5. The van der Waals surface area contributed by atoms with Crippen molar-refractivity contribution in [3.05, 3.63) is 29.5 Å². The smallest absolute Gasteiger partial charge is 0.139 e. The third kappa shape index (κ3) is 2.13. The SMILES string of the molecule is CN1CCN(c2ncnc3cc(Cl)ccc23)CC1. The van der Waals surface area contributed by atoms with Crippen LogP contribution in [0.1, 0.15) is 0 Å². The predicted molar refractivity (Wildman–Crippen MR) is 74.3 cm³/mol. The maximum absolute atomic E-state index is 6.00. The van der Waals surface area contributed by atoms with E-state index >= 15 is 0 Å². The summed E-state index contributed by atoms with van der Waals surface area (Å²) in [5.41, 5.74) is 0.909. The Bertz CT molecular complexity index is 564. The van der Waals surface area contributed by atoms with Gasteiger partial charge in [0.05, 0.1) is 5.52 Å². The van der Waals surface area contributed by atoms with Crippen LogP contribution < -0.4 is 4.90 Å². The second kappa shape index (κ2) is 4.71. The molecule has 0 unspecified atom stereocenters. The highest BCUT2D eigenvalue weighted by molar-refractivity contribution is 6.31. The Morgan fingerprint density at radius 1 is 1.11 bits per heavy atom. The molecule has 1 fully saturated rings. The topological polar surface area (TPSA) is 32.3 Å². The number of aromatic nitrogens is 2. The Hall–Kier alpha value is -1.39. The van der Waals surface area contributed by atoms with Gasteiger partial charge in [0.1, 0.15) is 12.1 Å². The van der Waals surface area contributed by atoms with Crippen LogP contribution in [0.4, 0.5) is 5.82 Å². The van der Waals surface area contributed by atoms with Crippen molar-refractivity contribution in [2.45, 2.75) is 0 Å². The van der Waals surface area contributed by atoms with Gasteiger partial charge in [-0.05, 0) is 25.2 Å². The summed E-state index contributed by atoms with van der Waals surface area (Å²) >= 11 is 6.00. The summed E-state index contributed by atoms with van der Waals surface area (Å²) in [6.45, 7) is 4.15. The van der Waals surface area contributed by atoms with Crippen LogP contribution >= 0.6 is 11.6 Å². The number of benzene rings is 1. The lowest BCUT2D eigenvalue weighted by Gasteiger charge is -2.33. The van der Waals surface area contributed by atoms with E-state index in [4.69, 9.17) is 11.6 Å². The summed E-state index contributed by atoms with van der Waals surface area (Å²) in [6, 6.07) is 5.79. The van der Waals surface area contributed by atoms with Crippen LogP contribution in [-0.2, 0) is 0 Å². The van der Waals surface area contributed by atoms with Crippen molar-refractivity contribution >= 4 is 28.3 Å². The lowest BCUT2D eigenvalue weighted by Crippen LogP contribution is -2.44. The number of nitrogens with zero attached hydrogens (tertiary/aromatic N) is 4. The third-order valence-electron chi connectivity index (χ3n) is 3.38. The van der Waals surface area contributed by atoms with Crippen molar-refractivity contribution in [2.24, 2.45) is 0 Å². The summed E-state index contributed by atoms with van der Waals surface area (Å²) < 4.78 is 0. The van der Waals surface area contributed by atoms with Gasteiger partial charge in [-0.25, -0.2) is 9.97 Å². The highest BCUT2D eigenvalue weighted by atomic mass is 35.5. The Balaban J connectivity index is 2.01. The molecule has 18 heavy (non-hydrogen) atoms. The zero-order valence-corrected chi connectivity index (χ0v) is 11.1. The molecule has 0 aliphatic carbocycles. The summed E-state index contributed by atoms with van der Waals surface area (Å²) in [5, 5.41) is 1.79. The van der Waals surface area contributed by atoms with Crippen LogP contribution in [0.15, 0.2) is 24.5 Å². The summed E-state index contributed by atoms with van der Waals surface area (Å²) in [7, 11) is 2.15. The minimum absolute atomic E-state index is 0.713. The Kier molecular flexibility index (Phi) is 3.06. The van der Waals surface area contributed by atoms with Gasteiger partial charge in [-0.15, -0.1) is 0 Å². The summed E-state index contributed by atoms with van der Waals surface area (Å²) in [6.07, 6.45) is 1.62. The molecule has 0 atom stereocenters. The van der Waals surface area contributed by atoms with Crippen molar-refractivity contribution in [2.75, 3.05) is 38.1 Å². The van der Waals surface area contributed by atoms with Gasteiger partial charge >= 0.3 is 0 Å². The van der Waals surface area contributed by atoms with Gasteiger partial charge in [-0.1, -0.05) is 11.6 Å². The number of likely N-dealkylation sites (N-methyl/N-ethyl adjacent to an activating group) is 1. The lowest BCUT2D eigenvalue weighted by molar-refractivity contribution is 0.312. The molecule has 0 saturated carbocycles. The van der Waals surface area contributed by atoms with Gasteiger partial charge in [-0.3, -0.25) is 0 Å². The molecule has 0 radical (unpaired) electrons. The van der Waals surface area contributed by atoms with Gasteiger partial charge < -0.3 is 9.80 Å². The Morgan fingerprint density at radius 2 is 1.89 bits per heavy atom. The van der Waals surface area contributed by atoms with Crippen LogP contribution in [0, 0.1) is 0 Å². The molecule has 3 rings (SSSR count). The maximum Gasteiger partial charge on any atom is 0.139 e. The molecule has 5 heteroatoms. The standard InChI is InChI=1S/C13H15ClN4/c1-17-4-6-18(7-5-17)13-11-3-2-10(14)8-12(11)15-9-16-13/h2-3,8-9H,4-7H2,1H3. The second-order valence-electron chi connectivity index (χ2n) is 4.65. The molecule has 2 aromatic rings. The normalized spacial score (nSPS) is 17.3. The first-order valence-electron chi connectivity index (χ1n) is 6.08. The van der Waals surface area contributed by atoms with Crippen molar-refractivity contribution in [3.8, 4) is 0 Å². The molecule has 0 N–H and O–H groups in total. The largest absolute Gasteiger partial charge is 0.353 e. The molecule has 1 aliphatic heterocycles. The first kappa shape index (κ1) is 11.7. The van der Waals surface area contributed by atoms with Gasteiger partial charge in [0.2, 0.25) is 0 Å². The fraction of sp³-hybridized carbons (Fsp3) is 0.385. The number of hydrogen-bond acceptors (Lipinski definition) is 4. The number of piperazine rings is 1. The van der Waals surface area contributed by atoms with Crippen molar-refractivity contribution in [1.29, 1.82) is 0 Å². The zero-order valence-electron chi connectivity index (χ0n) is 10.3. The van der Waals surface area contributed by atoms with Crippen LogP contribution in [0.5, 0.6) is 0 Å². The fourth-order valence-corrected chi connectivity index (χ4v) is 2.45. The molecule has 94 valence electrons. The molecule has 0 spiro atoms. The van der Waals surface area contributed by atoms with Crippen molar-refractivity contribution in [3.63, 3.8) is 0 Å². The molecular formula is C13H15ClN4. The van der Waals surface area contributed by atoms with E-state index in [1.54, 1.807) is 6.33 Å². The maximum atomic E-state index is 6.00. The molecule has 1 aromatic heterocycles. The highest BCUT2D eigenvalue weighted by Gasteiger charge is 2.17. The van der Waals surface area contributed by atoms with Gasteiger partial charge in [-0.2, -0.15) is 0 Å². The van der Waals surface area contributed by atoms with Crippen LogP contribution in [0.3, 0.4) is 0 Å². The molecule has 0 bridgehead atoms. The van der Waals surface area contributed by atoms with Crippen molar-refractivity contribution < 1.29 is 0 Å². The van der Waals surface area contributed by atoms with E-state index in [9.17, 15) is 0 Å². The summed E-state index contributed by atoms with van der Waals surface area (Å²) in [4.78, 5) is 13.4. The predicted octanol–water partition coefficient (Wildman–Crippen LogP) is 2.03. The summed E-state index contributed by atoms with van der Waals surface area (Å²) in [5.74, 6) is 1.02. The molecule has 1 aliphatic rings. The molecule has 4 nitrogen and oxygen atoms in total. The van der Waals surface area contributed by atoms with Crippen LogP contribution in [-0.4, -0.2) is 48.1 Å². The molecule has 1 saturated heterocycles. The van der Waals surface area contributed by atoms with E-state index in [2.05, 4.69) is 26.8 Å². The monoisotopic (exact) mass is 262 g/mol. The quantitative estimate of drug-likeness (QED) is 0.787. The number of rotatable bonds is 1. The Morgan fingerprint density at radius 3 is 2.67 bits per heavy atom. The van der Waals surface area contributed by atoms with Gasteiger partial charge in [0.25, 0.3) is 0 Å². The minimum Gasteiger partial charge on any atom is -0.353 e. The number of fused-ring (bicyclic) bond motifs is 1. The molecule has 1 aromatic carbocycles. The first-order chi connectivity index (χ1) is 8.74. The number of halogens is 1. The molecular weight excluding hydrogens is 248 g/mol. The van der Waals surface area contributed by atoms with E-state index in [1.807, 2.05) is 18.2 Å². The van der Waals surface area contributed by atoms with Crippen LogP contribution in [0.2, 0.25) is 5.02 Å². The van der Waals surface area contributed by atoms with Gasteiger partial charge in [0, 0.05) is 36.6 Å². The molecule has 0 amide bonds. The van der Waals surface area contributed by atoms with Crippen LogP contribution in [0.25, 0.3) is 10.9 Å². The minimum atomic E-state index is 0.713. The van der Waals surface area contributed by atoms with Gasteiger partial charge in [0.15, 0.2) is 0 Å². The van der Waals surface area contributed by atoms with E-state index < -0.39 is 0 Å². The fourth-order valence-electron chi connectivity index (χ4n) is 2.29. The van der Waals surface area contributed by atoms with E-state index in [1.165, 1.54) is 0 Å². The lowest BCUT2D eigenvalue weighted by atomic mass is 10.2. The second-order valence-corrected chi connectivity index (χ2v) is 5.09. The Labute approximate surface area is 111 Å². The highest BCUT2D eigenvalue weighted by Crippen LogP contribution is 2.25. The molecule has 2 heterocycles. The van der Waals surface area contributed by atoms with Crippen molar-refractivity contribution in [1.82, 2.24) is 14.9 Å². The van der Waals surface area contributed by atoms with E-state index in [0.717, 1.165) is 42.9 Å². The average Bonchev–Trinajstić information content (AvgIpc) is 2.38. The number of hydrogen-bond donors (Lipinski definition) is 0. The third-order valence-corrected chi connectivity index (χ3v) is 3.62. The number of anilines is 1. The van der Waals surface area contributed by atoms with E-state index in [-0.39, 0.29) is 0 Å². The first-order valence-corrected chi connectivity index (χ1v) is 6.45.